The van der Waals surface area contributed by atoms with Gasteiger partial charge in [0, 0.05) is 13.1 Å². The third-order valence-electron chi connectivity index (χ3n) is 4.05. The van der Waals surface area contributed by atoms with Crippen LogP contribution in [0.2, 0.25) is 0 Å². The molecule has 5 heteroatoms. The smallest absolute Gasteiger partial charge is 0.354 e. The number of ether oxygens (including phenoxy) is 1. The first kappa shape index (κ1) is 15.5. The van der Waals surface area contributed by atoms with Gasteiger partial charge in [0.1, 0.15) is 5.82 Å². The van der Waals surface area contributed by atoms with Gasteiger partial charge in [-0.15, -0.1) is 0 Å². The molecule has 0 spiro atoms. The molecule has 1 aliphatic rings. The molecule has 2 heterocycles. The largest absolute Gasteiger partial charge is 0.477 e. The standard InChI is InChI=1S/C18H20N2O3/c21-18(22)16-7-4-8-17(19-16)20-11-9-15(10-12-20)23-13-14-5-2-1-3-6-14/h1-8,15H,9-13H2,(H,21,22). The molecule has 1 fully saturated rings. The summed E-state index contributed by atoms with van der Waals surface area (Å²) >= 11 is 0. The average Bonchev–Trinajstić information content (AvgIpc) is 2.61. The molecule has 0 aliphatic carbocycles. The Balaban J connectivity index is 1.52. The first-order chi connectivity index (χ1) is 11.2. The van der Waals surface area contributed by atoms with Crippen LogP contribution in [0.15, 0.2) is 48.5 Å². The summed E-state index contributed by atoms with van der Waals surface area (Å²) in [7, 11) is 0. The van der Waals surface area contributed by atoms with Gasteiger partial charge >= 0.3 is 5.97 Å². The molecule has 1 aliphatic heterocycles. The summed E-state index contributed by atoms with van der Waals surface area (Å²) in [6, 6.07) is 15.3. The molecule has 2 aromatic rings. The van der Waals surface area contributed by atoms with Crippen molar-refractivity contribution in [3.63, 3.8) is 0 Å². The van der Waals surface area contributed by atoms with E-state index in [-0.39, 0.29) is 11.8 Å². The monoisotopic (exact) mass is 312 g/mol. The highest BCUT2D eigenvalue weighted by atomic mass is 16.5. The number of carboxylic acid groups (broad SMARTS) is 1. The van der Waals surface area contributed by atoms with Gasteiger partial charge in [0.15, 0.2) is 5.69 Å². The zero-order chi connectivity index (χ0) is 16.1. The molecule has 0 saturated carbocycles. The SMILES string of the molecule is O=C(O)c1cccc(N2CCC(OCc3ccccc3)CC2)n1. The maximum Gasteiger partial charge on any atom is 0.354 e. The van der Waals surface area contributed by atoms with Crippen molar-refractivity contribution >= 4 is 11.8 Å². The van der Waals surface area contributed by atoms with Crippen LogP contribution in [-0.2, 0) is 11.3 Å². The molecule has 1 aromatic carbocycles. The van der Waals surface area contributed by atoms with E-state index in [1.165, 1.54) is 11.6 Å². The first-order valence-electron chi connectivity index (χ1n) is 7.83. The molecule has 1 N–H and O–H groups in total. The quantitative estimate of drug-likeness (QED) is 0.919. The van der Waals surface area contributed by atoms with Crippen molar-refractivity contribution in [3.8, 4) is 0 Å². The summed E-state index contributed by atoms with van der Waals surface area (Å²) < 4.78 is 5.97. The molecule has 1 saturated heterocycles. The second kappa shape index (κ2) is 7.24. The summed E-state index contributed by atoms with van der Waals surface area (Å²) in [6.45, 7) is 2.29. The number of nitrogens with zero attached hydrogens (tertiary/aromatic N) is 2. The summed E-state index contributed by atoms with van der Waals surface area (Å²) in [6.07, 6.45) is 2.09. The van der Waals surface area contributed by atoms with Crippen LogP contribution in [0.25, 0.3) is 0 Å². The van der Waals surface area contributed by atoms with Crippen molar-refractivity contribution in [1.82, 2.24) is 4.98 Å². The number of aromatic carboxylic acids is 1. The number of anilines is 1. The second-order valence-corrected chi connectivity index (χ2v) is 5.67. The molecule has 0 radical (unpaired) electrons. The van der Waals surface area contributed by atoms with Gasteiger partial charge in [-0.1, -0.05) is 36.4 Å². The number of carbonyl (C=O) groups is 1. The van der Waals surface area contributed by atoms with E-state index in [0.29, 0.717) is 6.61 Å². The van der Waals surface area contributed by atoms with E-state index in [1.54, 1.807) is 6.07 Å². The van der Waals surface area contributed by atoms with Crippen molar-refractivity contribution in [2.24, 2.45) is 0 Å². The summed E-state index contributed by atoms with van der Waals surface area (Å²) in [5, 5.41) is 9.03. The third kappa shape index (κ3) is 4.07. The van der Waals surface area contributed by atoms with Crippen LogP contribution in [0.5, 0.6) is 0 Å². The average molecular weight is 312 g/mol. The number of hydrogen-bond acceptors (Lipinski definition) is 4. The van der Waals surface area contributed by atoms with Gasteiger partial charge < -0.3 is 14.7 Å². The summed E-state index contributed by atoms with van der Waals surface area (Å²) in [4.78, 5) is 17.3. The van der Waals surface area contributed by atoms with Gasteiger partial charge in [-0.25, -0.2) is 9.78 Å². The number of piperidine rings is 1. The Morgan fingerprint density at radius 2 is 1.87 bits per heavy atom. The maximum absolute atomic E-state index is 11.0. The second-order valence-electron chi connectivity index (χ2n) is 5.67. The first-order valence-corrected chi connectivity index (χ1v) is 7.83. The Morgan fingerprint density at radius 3 is 2.57 bits per heavy atom. The Kier molecular flexibility index (Phi) is 4.88. The Hall–Kier alpha value is -2.40. The van der Waals surface area contributed by atoms with Gasteiger partial charge in [-0.3, -0.25) is 0 Å². The predicted molar refractivity (Wildman–Crippen MR) is 87.7 cm³/mol. The van der Waals surface area contributed by atoms with Crippen LogP contribution in [0.4, 0.5) is 5.82 Å². The highest BCUT2D eigenvalue weighted by molar-refractivity contribution is 5.85. The van der Waals surface area contributed by atoms with Gasteiger partial charge in [0.05, 0.1) is 12.7 Å². The zero-order valence-corrected chi connectivity index (χ0v) is 12.9. The van der Waals surface area contributed by atoms with Crippen LogP contribution in [0, 0.1) is 0 Å². The Morgan fingerprint density at radius 1 is 1.13 bits per heavy atom. The van der Waals surface area contributed by atoms with Gasteiger partial charge in [-0.2, -0.15) is 0 Å². The lowest BCUT2D eigenvalue weighted by Crippen LogP contribution is -2.37. The van der Waals surface area contributed by atoms with Gasteiger partial charge in [0.25, 0.3) is 0 Å². The number of pyridine rings is 1. The molecular formula is C18H20N2O3. The Labute approximate surface area is 135 Å². The molecule has 1 aromatic heterocycles. The van der Waals surface area contributed by atoms with E-state index in [4.69, 9.17) is 9.84 Å². The van der Waals surface area contributed by atoms with Crippen LogP contribution in [-0.4, -0.2) is 35.3 Å². The van der Waals surface area contributed by atoms with E-state index >= 15 is 0 Å². The molecule has 0 bridgehead atoms. The lowest BCUT2D eigenvalue weighted by atomic mass is 10.1. The van der Waals surface area contributed by atoms with Crippen LogP contribution in [0.3, 0.4) is 0 Å². The predicted octanol–water partition coefficient (Wildman–Crippen LogP) is 2.97. The number of hydrogen-bond donors (Lipinski definition) is 1. The van der Waals surface area contributed by atoms with Crippen molar-refractivity contribution in [2.75, 3.05) is 18.0 Å². The fourth-order valence-electron chi connectivity index (χ4n) is 2.76. The minimum atomic E-state index is -0.993. The summed E-state index contributed by atoms with van der Waals surface area (Å²) in [5.41, 5.74) is 1.27. The van der Waals surface area contributed by atoms with Crippen LogP contribution in [0.1, 0.15) is 28.9 Å². The lowest BCUT2D eigenvalue weighted by molar-refractivity contribution is 0.0250. The topological polar surface area (TPSA) is 62.7 Å². The van der Waals surface area contributed by atoms with Crippen molar-refractivity contribution < 1.29 is 14.6 Å². The third-order valence-corrected chi connectivity index (χ3v) is 4.05. The number of carboxylic acids is 1. The van der Waals surface area contributed by atoms with Crippen LogP contribution >= 0.6 is 0 Å². The molecule has 120 valence electrons. The summed E-state index contributed by atoms with van der Waals surface area (Å²) in [5.74, 6) is -0.265. The van der Waals surface area contributed by atoms with E-state index in [1.807, 2.05) is 24.3 Å². The normalized spacial score (nSPS) is 15.6. The zero-order valence-electron chi connectivity index (χ0n) is 12.9. The van der Waals surface area contributed by atoms with Gasteiger partial charge in [0.2, 0.25) is 0 Å². The van der Waals surface area contributed by atoms with Crippen molar-refractivity contribution in [1.29, 1.82) is 0 Å². The van der Waals surface area contributed by atoms with E-state index < -0.39 is 5.97 Å². The number of aromatic nitrogens is 1. The number of rotatable bonds is 5. The molecule has 0 unspecified atom stereocenters. The molecule has 0 amide bonds. The Bertz CT molecular complexity index is 652. The fraction of sp³-hybridized carbons (Fsp3) is 0.333. The van der Waals surface area contributed by atoms with E-state index in [0.717, 1.165) is 31.7 Å². The maximum atomic E-state index is 11.0. The van der Waals surface area contributed by atoms with Crippen LogP contribution < -0.4 is 4.90 Å². The van der Waals surface area contributed by atoms with Crippen molar-refractivity contribution in [3.05, 3.63) is 59.8 Å². The molecule has 5 nitrogen and oxygen atoms in total. The minimum absolute atomic E-state index is 0.0879. The van der Waals surface area contributed by atoms with E-state index in [2.05, 4.69) is 22.0 Å². The van der Waals surface area contributed by atoms with Gasteiger partial charge in [-0.05, 0) is 30.5 Å². The fourth-order valence-corrected chi connectivity index (χ4v) is 2.76. The van der Waals surface area contributed by atoms with E-state index in [9.17, 15) is 4.79 Å². The molecule has 0 atom stereocenters. The number of benzene rings is 1. The van der Waals surface area contributed by atoms with Crippen molar-refractivity contribution in [2.45, 2.75) is 25.6 Å². The minimum Gasteiger partial charge on any atom is -0.477 e. The highest BCUT2D eigenvalue weighted by Crippen LogP contribution is 2.20. The highest BCUT2D eigenvalue weighted by Gasteiger charge is 2.21. The molecule has 23 heavy (non-hydrogen) atoms. The molecular weight excluding hydrogens is 292 g/mol. The molecule has 3 rings (SSSR count). The lowest BCUT2D eigenvalue weighted by Gasteiger charge is -2.32.